The minimum absolute atomic E-state index is 0.254. The van der Waals surface area contributed by atoms with E-state index in [9.17, 15) is 0 Å². The van der Waals surface area contributed by atoms with Crippen LogP contribution < -0.4 is 5.32 Å². The molecule has 0 aromatic heterocycles. The first-order valence-corrected chi connectivity index (χ1v) is 18.4. The number of hydrogen-bond acceptors (Lipinski definition) is 2. The molecule has 2 aliphatic carbocycles. The number of nitrogens with one attached hydrogen (secondary N) is 1. The van der Waals surface area contributed by atoms with Crippen LogP contribution in [0, 0.1) is 0 Å². The molecular weight excluding hydrogens is 641 g/mol. The van der Waals surface area contributed by atoms with Crippen LogP contribution in [0.2, 0.25) is 0 Å². The first-order valence-electron chi connectivity index (χ1n) is 18.4. The molecule has 0 amide bonds. The van der Waals surface area contributed by atoms with Crippen LogP contribution in [-0.4, -0.2) is 5.71 Å². The molecule has 0 bridgehead atoms. The van der Waals surface area contributed by atoms with E-state index in [4.69, 9.17) is 4.99 Å². The summed E-state index contributed by atoms with van der Waals surface area (Å²) in [6.07, 6.45) is 1.98. The number of hydrogen-bond donors (Lipinski definition) is 1. The topological polar surface area (TPSA) is 24.4 Å². The zero-order chi connectivity index (χ0) is 34.9. The van der Waals surface area contributed by atoms with Crippen molar-refractivity contribution in [3.63, 3.8) is 0 Å². The molecule has 0 radical (unpaired) electrons. The smallest absolute Gasteiger partial charge is 0.145 e. The van der Waals surface area contributed by atoms with E-state index in [1.54, 1.807) is 0 Å². The zero-order valence-corrected chi connectivity index (χ0v) is 29.0. The van der Waals surface area contributed by atoms with Gasteiger partial charge in [-0.25, -0.2) is 0 Å². The maximum absolute atomic E-state index is 5.48. The molecule has 3 aliphatic rings. The molecule has 1 unspecified atom stereocenters. The van der Waals surface area contributed by atoms with E-state index in [1.807, 2.05) is 0 Å². The zero-order valence-electron chi connectivity index (χ0n) is 29.0. The van der Waals surface area contributed by atoms with Gasteiger partial charge in [0.15, 0.2) is 0 Å². The van der Waals surface area contributed by atoms with Gasteiger partial charge in [0.2, 0.25) is 0 Å². The standard InChI is InChI=1S/C51H34N2/c1-2-12-33(13-3-1)35-22-25-36(26-23-35)48-32-49(53-50(52-48)39-27-24-34-14-4-5-15-37(34)30-39)38-28-29-43-42-18-8-11-21-46(42)51(47(43)31-38)44-19-9-6-16-40(44)41-17-7-10-20-45(41)51/h1-32,50,52H. The molecule has 1 spiro atoms. The number of benzene rings is 8. The van der Waals surface area contributed by atoms with Crippen molar-refractivity contribution < 1.29 is 0 Å². The third kappa shape index (κ3) is 4.49. The van der Waals surface area contributed by atoms with Crippen molar-refractivity contribution in [2.75, 3.05) is 0 Å². The van der Waals surface area contributed by atoms with Crippen LogP contribution in [0.4, 0.5) is 0 Å². The van der Waals surface area contributed by atoms with Gasteiger partial charge in [-0.2, -0.15) is 0 Å². The van der Waals surface area contributed by atoms with Crippen molar-refractivity contribution in [1.82, 2.24) is 5.32 Å². The Hall–Kier alpha value is -6.77. The highest BCUT2D eigenvalue weighted by Crippen LogP contribution is 2.62. The third-order valence-electron chi connectivity index (χ3n) is 11.5. The van der Waals surface area contributed by atoms with E-state index >= 15 is 0 Å². The SMILES string of the molecule is C1=C(c2ccc(-c3ccccc3)cc2)NC(c2ccc3ccccc3c2)N=C1c1ccc2c(c1)C1(c3ccccc3-c3ccccc31)c1ccccc1-2. The van der Waals surface area contributed by atoms with Crippen molar-refractivity contribution in [1.29, 1.82) is 0 Å². The van der Waals surface area contributed by atoms with Crippen LogP contribution >= 0.6 is 0 Å². The second-order valence-electron chi connectivity index (χ2n) is 14.3. The van der Waals surface area contributed by atoms with Crippen molar-refractivity contribution in [2.24, 2.45) is 4.99 Å². The van der Waals surface area contributed by atoms with Crippen LogP contribution in [0.1, 0.15) is 45.1 Å². The van der Waals surface area contributed by atoms with Gasteiger partial charge in [0.1, 0.15) is 6.17 Å². The van der Waals surface area contributed by atoms with Gasteiger partial charge >= 0.3 is 0 Å². The number of allylic oxidation sites excluding steroid dienone is 1. The molecule has 1 atom stereocenters. The summed E-state index contributed by atoms with van der Waals surface area (Å²) in [5.74, 6) is 0. The Kier molecular flexibility index (Phi) is 6.56. The Morgan fingerprint density at radius 3 is 1.60 bits per heavy atom. The average Bonchev–Trinajstić information content (AvgIpc) is 3.71. The molecule has 1 aliphatic heterocycles. The summed E-state index contributed by atoms with van der Waals surface area (Å²) < 4.78 is 0. The van der Waals surface area contributed by atoms with Gasteiger partial charge in [0.05, 0.1) is 11.1 Å². The fraction of sp³-hybridized carbons (Fsp3) is 0.0392. The molecule has 1 N–H and O–H groups in total. The van der Waals surface area contributed by atoms with Gasteiger partial charge in [0.25, 0.3) is 0 Å². The number of fused-ring (bicyclic) bond motifs is 11. The Labute approximate surface area is 309 Å². The Balaban J connectivity index is 1.10. The first kappa shape index (κ1) is 29.9. The number of rotatable bonds is 4. The predicted octanol–water partition coefficient (Wildman–Crippen LogP) is 12.0. The van der Waals surface area contributed by atoms with Crippen molar-refractivity contribution >= 4 is 22.2 Å². The average molecular weight is 675 g/mol. The predicted molar refractivity (Wildman–Crippen MR) is 219 cm³/mol. The highest BCUT2D eigenvalue weighted by molar-refractivity contribution is 6.14. The summed E-state index contributed by atoms with van der Waals surface area (Å²) in [7, 11) is 0. The Bertz CT molecular complexity index is 2740. The summed E-state index contributed by atoms with van der Waals surface area (Å²) >= 11 is 0. The van der Waals surface area contributed by atoms with E-state index in [0.717, 1.165) is 28.1 Å². The number of nitrogens with zero attached hydrogens (tertiary/aromatic N) is 1. The van der Waals surface area contributed by atoms with E-state index in [1.165, 1.54) is 66.4 Å². The fourth-order valence-electron chi connectivity index (χ4n) is 9.12. The molecule has 0 fully saturated rings. The molecule has 0 saturated carbocycles. The number of aliphatic imine (C=N–C) groups is 1. The molecule has 11 rings (SSSR count). The summed E-state index contributed by atoms with van der Waals surface area (Å²) in [5.41, 5.74) is 18.0. The minimum atomic E-state index is -0.403. The quantitative estimate of drug-likeness (QED) is 0.197. The normalized spacial score (nSPS) is 15.9. The van der Waals surface area contributed by atoms with E-state index in [2.05, 4.69) is 199 Å². The molecule has 2 nitrogen and oxygen atoms in total. The van der Waals surface area contributed by atoms with Gasteiger partial charge in [0, 0.05) is 11.3 Å². The summed E-state index contributed by atoms with van der Waals surface area (Å²) in [4.78, 5) is 5.48. The van der Waals surface area contributed by atoms with Crippen LogP contribution in [-0.2, 0) is 5.41 Å². The molecular formula is C51H34N2. The second-order valence-corrected chi connectivity index (χ2v) is 14.3. The van der Waals surface area contributed by atoms with Gasteiger partial charge in [-0.3, -0.25) is 4.99 Å². The van der Waals surface area contributed by atoms with Crippen molar-refractivity contribution in [3.8, 4) is 33.4 Å². The second kappa shape index (κ2) is 11.6. The van der Waals surface area contributed by atoms with Crippen LogP contribution in [0.5, 0.6) is 0 Å². The third-order valence-corrected chi connectivity index (χ3v) is 11.5. The summed E-state index contributed by atoms with van der Waals surface area (Å²) in [5, 5.41) is 6.26. The maximum Gasteiger partial charge on any atom is 0.145 e. The highest BCUT2D eigenvalue weighted by atomic mass is 15.1. The summed E-state index contributed by atoms with van der Waals surface area (Å²) in [6.45, 7) is 0. The van der Waals surface area contributed by atoms with Crippen molar-refractivity contribution in [3.05, 3.63) is 233 Å². The van der Waals surface area contributed by atoms with E-state index in [-0.39, 0.29) is 6.17 Å². The van der Waals surface area contributed by atoms with Crippen molar-refractivity contribution in [2.45, 2.75) is 11.6 Å². The van der Waals surface area contributed by atoms with Gasteiger partial charge in [-0.1, -0.05) is 176 Å². The molecule has 8 aromatic rings. The first-order chi connectivity index (χ1) is 26.3. The Morgan fingerprint density at radius 1 is 0.396 bits per heavy atom. The highest BCUT2D eigenvalue weighted by Gasteiger charge is 2.51. The van der Waals surface area contributed by atoms with Gasteiger partial charge in [-0.05, 0) is 95.7 Å². The lowest BCUT2D eigenvalue weighted by molar-refractivity contribution is 0.665. The minimum Gasteiger partial charge on any atom is -0.360 e. The van der Waals surface area contributed by atoms with Gasteiger partial charge in [-0.15, -0.1) is 0 Å². The van der Waals surface area contributed by atoms with E-state index < -0.39 is 5.41 Å². The van der Waals surface area contributed by atoms with Crippen LogP contribution in [0.15, 0.2) is 199 Å². The molecule has 2 heteroatoms. The molecule has 0 saturated heterocycles. The lowest BCUT2D eigenvalue weighted by Gasteiger charge is -2.31. The monoisotopic (exact) mass is 674 g/mol. The van der Waals surface area contributed by atoms with E-state index in [0.29, 0.717) is 0 Å². The molecule has 248 valence electrons. The fourth-order valence-corrected chi connectivity index (χ4v) is 9.12. The molecule has 1 heterocycles. The lowest BCUT2D eigenvalue weighted by Crippen LogP contribution is -2.27. The lowest BCUT2D eigenvalue weighted by atomic mass is 9.70. The Morgan fingerprint density at radius 2 is 0.925 bits per heavy atom. The maximum atomic E-state index is 5.48. The van der Waals surface area contributed by atoms with Crippen LogP contribution in [0.3, 0.4) is 0 Å². The molecule has 8 aromatic carbocycles. The van der Waals surface area contributed by atoms with Gasteiger partial charge < -0.3 is 5.32 Å². The van der Waals surface area contributed by atoms with Crippen LogP contribution in [0.25, 0.3) is 49.9 Å². The summed E-state index contributed by atoms with van der Waals surface area (Å²) in [6, 6.07) is 68.7. The largest absolute Gasteiger partial charge is 0.360 e. The molecule has 53 heavy (non-hydrogen) atoms.